The maximum absolute atomic E-state index is 13.6. The number of fused-ring (bicyclic) bond motifs is 1. The Bertz CT molecular complexity index is 1620. The van der Waals surface area contributed by atoms with Crippen molar-refractivity contribution >= 4 is 34.3 Å². The summed E-state index contributed by atoms with van der Waals surface area (Å²) in [5.41, 5.74) is 11.9. The monoisotopic (exact) mass is 594 g/mol. The van der Waals surface area contributed by atoms with Crippen molar-refractivity contribution in [3.63, 3.8) is 0 Å². The Labute approximate surface area is 258 Å². The van der Waals surface area contributed by atoms with Crippen LogP contribution in [0.3, 0.4) is 0 Å². The van der Waals surface area contributed by atoms with Gasteiger partial charge in [-0.2, -0.15) is 5.10 Å². The summed E-state index contributed by atoms with van der Waals surface area (Å²) < 4.78 is 0. The molecule has 0 aliphatic heterocycles. The van der Waals surface area contributed by atoms with Crippen molar-refractivity contribution < 1.29 is 14.4 Å². The van der Waals surface area contributed by atoms with E-state index in [0.717, 1.165) is 58.8 Å². The third-order valence-electron chi connectivity index (χ3n) is 8.51. The molecule has 230 valence electrons. The minimum Gasteiger partial charge on any atom is -0.350 e. The zero-order valence-corrected chi connectivity index (χ0v) is 25.7. The van der Waals surface area contributed by atoms with Crippen LogP contribution in [0.15, 0.2) is 66.9 Å². The van der Waals surface area contributed by atoms with E-state index in [-0.39, 0.29) is 29.7 Å². The number of aryl methyl sites for hydroxylation is 1. The lowest BCUT2D eigenvalue weighted by molar-refractivity contribution is -0.130. The molecular weight excluding hydrogens is 552 g/mol. The van der Waals surface area contributed by atoms with Crippen LogP contribution in [0.5, 0.6) is 0 Å². The SMILES string of the molecule is Cc1cc(C(=O)NC(C)C)ccc1-c1ccc(CC(NC(=O)[C@H]2CC[C@H](CN)CC2)C(=O)Nc2ccc3cn[nH]c3c2)cc1. The number of H-pyrrole nitrogens is 1. The summed E-state index contributed by atoms with van der Waals surface area (Å²) in [7, 11) is 0. The van der Waals surface area contributed by atoms with Crippen LogP contribution in [0.4, 0.5) is 5.69 Å². The number of amides is 3. The summed E-state index contributed by atoms with van der Waals surface area (Å²) in [4.78, 5) is 39.4. The number of aromatic nitrogens is 2. The second-order valence-corrected chi connectivity index (χ2v) is 12.2. The van der Waals surface area contributed by atoms with E-state index in [0.29, 0.717) is 30.1 Å². The molecule has 1 aliphatic rings. The number of benzene rings is 3. The molecule has 0 bridgehead atoms. The van der Waals surface area contributed by atoms with Crippen LogP contribution in [-0.2, 0) is 16.0 Å². The number of nitrogens with zero attached hydrogens (tertiary/aromatic N) is 1. The molecule has 1 fully saturated rings. The van der Waals surface area contributed by atoms with Gasteiger partial charge in [0.05, 0.1) is 11.7 Å². The number of hydrogen-bond acceptors (Lipinski definition) is 5. The number of nitrogens with one attached hydrogen (secondary N) is 4. The molecule has 0 spiro atoms. The van der Waals surface area contributed by atoms with Crippen LogP contribution in [0.25, 0.3) is 22.0 Å². The minimum absolute atomic E-state index is 0.0666. The fourth-order valence-electron chi connectivity index (χ4n) is 5.93. The molecule has 3 amide bonds. The first-order chi connectivity index (χ1) is 21.2. The second-order valence-electron chi connectivity index (χ2n) is 12.2. The fraction of sp³-hybridized carbons (Fsp3) is 0.371. The standard InChI is InChI=1S/C35H42N6O3/c1-21(2)38-34(43)27-13-15-30(22(3)16-27)25-8-4-23(5-9-25)17-32(40-33(42)26-10-6-24(19-36)7-11-26)35(44)39-29-14-12-28-20-37-41-31(28)18-29/h4-5,8-9,12-16,18,20-21,24,26,32H,6-7,10-11,17,19,36H2,1-3H3,(H,37,41)(H,38,43)(H,39,44)(H,40,42)/t24-,26-,32?. The van der Waals surface area contributed by atoms with Gasteiger partial charge in [-0.3, -0.25) is 19.5 Å². The highest BCUT2D eigenvalue weighted by Gasteiger charge is 2.29. The second kappa shape index (κ2) is 13.9. The highest BCUT2D eigenvalue weighted by Crippen LogP contribution is 2.29. The predicted octanol–water partition coefficient (Wildman–Crippen LogP) is 5.11. The summed E-state index contributed by atoms with van der Waals surface area (Å²) in [5, 5.41) is 16.9. The zero-order valence-electron chi connectivity index (χ0n) is 25.7. The summed E-state index contributed by atoms with van der Waals surface area (Å²) >= 11 is 0. The Morgan fingerprint density at radius 3 is 2.39 bits per heavy atom. The molecule has 5 rings (SSSR count). The molecule has 9 nitrogen and oxygen atoms in total. The molecule has 4 aromatic rings. The molecule has 9 heteroatoms. The molecule has 1 heterocycles. The van der Waals surface area contributed by atoms with Crippen molar-refractivity contribution in [3.8, 4) is 11.1 Å². The topological polar surface area (TPSA) is 142 Å². The number of anilines is 1. The van der Waals surface area contributed by atoms with E-state index >= 15 is 0 Å². The van der Waals surface area contributed by atoms with Crippen molar-refractivity contribution in [1.29, 1.82) is 0 Å². The molecule has 1 aromatic heterocycles. The van der Waals surface area contributed by atoms with Gasteiger partial charge in [-0.25, -0.2) is 0 Å². The van der Waals surface area contributed by atoms with Crippen LogP contribution in [0, 0.1) is 18.8 Å². The summed E-state index contributed by atoms with van der Waals surface area (Å²) in [6.45, 7) is 6.52. The smallest absolute Gasteiger partial charge is 0.251 e. The summed E-state index contributed by atoms with van der Waals surface area (Å²) in [6, 6.07) is 18.6. The van der Waals surface area contributed by atoms with Gasteiger partial charge in [0.15, 0.2) is 0 Å². The highest BCUT2D eigenvalue weighted by molar-refractivity contribution is 5.99. The lowest BCUT2D eigenvalue weighted by atomic mass is 9.81. The van der Waals surface area contributed by atoms with Crippen LogP contribution < -0.4 is 21.7 Å². The molecular formula is C35H42N6O3. The first kappa shape index (κ1) is 30.9. The minimum atomic E-state index is -0.751. The van der Waals surface area contributed by atoms with Gasteiger partial charge in [0, 0.05) is 35.0 Å². The molecule has 6 N–H and O–H groups in total. The van der Waals surface area contributed by atoms with Gasteiger partial charge in [0.1, 0.15) is 6.04 Å². The van der Waals surface area contributed by atoms with Gasteiger partial charge in [-0.05, 0) is 112 Å². The van der Waals surface area contributed by atoms with E-state index < -0.39 is 6.04 Å². The normalized spacial score (nSPS) is 17.3. The van der Waals surface area contributed by atoms with Crippen molar-refractivity contribution in [2.75, 3.05) is 11.9 Å². The molecule has 1 aliphatic carbocycles. The number of carbonyl (C=O) groups excluding carboxylic acids is 3. The van der Waals surface area contributed by atoms with Crippen molar-refractivity contribution in [2.45, 2.75) is 65.0 Å². The lowest BCUT2D eigenvalue weighted by Gasteiger charge is -2.28. The molecule has 1 atom stereocenters. The third kappa shape index (κ3) is 7.52. The van der Waals surface area contributed by atoms with Gasteiger partial charge in [0.25, 0.3) is 5.91 Å². The van der Waals surface area contributed by atoms with E-state index in [1.807, 2.05) is 81.4 Å². The number of aromatic amines is 1. The molecule has 1 unspecified atom stereocenters. The van der Waals surface area contributed by atoms with Gasteiger partial charge in [0.2, 0.25) is 11.8 Å². The van der Waals surface area contributed by atoms with Crippen molar-refractivity contribution in [1.82, 2.24) is 20.8 Å². The predicted molar refractivity (Wildman–Crippen MR) is 174 cm³/mol. The van der Waals surface area contributed by atoms with E-state index in [1.165, 1.54) is 0 Å². The average Bonchev–Trinajstić information content (AvgIpc) is 3.49. The van der Waals surface area contributed by atoms with Gasteiger partial charge in [-0.15, -0.1) is 0 Å². The van der Waals surface area contributed by atoms with Crippen molar-refractivity contribution in [3.05, 3.63) is 83.6 Å². The van der Waals surface area contributed by atoms with Crippen LogP contribution in [0.2, 0.25) is 0 Å². The Kier molecular flexibility index (Phi) is 9.75. The Hall–Kier alpha value is -4.50. The van der Waals surface area contributed by atoms with Gasteiger partial charge in [-0.1, -0.05) is 30.3 Å². The lowest BCUT2D eigenvalue weighted by Crippen LogP contribution is -2.48. The molecule has 0 radical (unpaired) electrons. The molecule has 44 heavy (non-hydrogen) atoms. The summed E-state index contributed by atoms with van der Waals surface area (Å²) in [6.07, 6.45) is 5.50. The quantitative estimate of drug-likeness (QED) is 0.174. The van der Waals surface area contributed by atoms with E-state index in [4.69, 9.17) is 5.73 Å². The first-order valence-electron chi connectivity index (χ1n) is 15.5. The fourth-order valence-corrected chi connectivity index (χ4v) is 5.93. The number of carbonyl (C=O) groups is 3. The zero-order chi connectivity index (χ0) is 31.2. The Balaban J connectivity index is 1.31. The van der Waals surface area contributed by atoms with Crippen LogP contribution >= 0.6 is 0 Å². The van der Waals surface area contributed by atoms with Crippen LogP contribution in [-0.4, -0.2) is 46.5 Å². The number of hydrogen-bond donors (Lipinski definition) is 5. The molecule has 1 saturated carbocycles. The Morgan fingerprint density at radius 2 is 1.70 bits per heavy atom. The van der Waals surface area contributed by atoms with Gasteiger partial charge < -0.3 is 21.7 Å². The van der Waals surface area contributed by atoms with E-state index in [9.17, 15) is 14.4 Å². The third-order valence-corrected chi connectivity index (χ3v) is 8.51. The Morgan fingerprint density at radius 1 is 0.955 bits per heavy atom. The number of nitrogens with two attached hydrogens (primary N) is 1. The van der Waals surface area contributed by atoms with Gasteiger partial charge >= 0.3 is 0 Å². The highest BCUT2D eigenvalue weighted by atomic mass is 16.2. The summed E-state index contributed by atoms with van der Waals surface area (Å²) in [5.74, 6) is -0.105. The molecule has 3 aromatic carbocycles. The average molecular weight is 595 g/mol. The van der Waals surface area contributed by atoms with Crippen molar-refractivity contribution in [2.24, 2.45) is 17.6 Å². The maximum Gasteiger partial charge on any atom is 0.251 e. The number of rotatable bonds is 10. The first-order valence-corrected chi connectivity index (χ1v) is 15.5. The molecule has 0 saturated heterocycles. The van der Waals surface area contributed by atoms with E-state index in [2.05, 4.69) is 26.1 Å². The van der Waals surface area contributed by atoms with E-state index in [1.54, 1.807) is 6.20 Å². The van der Waals surface area contributed by atoms with Crippen LogP contribution in [0.1, 0.15) is 61.0 Å². The maximum atomic E-state index is 13.6. The largest absolute Gasteiger partial charge is 0.350 e.